The maximum atomic E-state index is 10.3. The second-order valence-electron chi connectivity index (χ2n) is 5.67. The third kappa shape index (κ3) is 4.37. The molecule has 0 bridgehead atoms. The molecule has 2 saturated heterocycles. The van der Waals surface area contributed by atoms with E-state index in [-0.39, 0.29) is 6.10 Å². The quantitative estimate of drug-likeness (QED) is 0.823. The van der Waals surface area contributed by atoms with Crippen molar-refractivity contribution in [2.75, 3.05) is 70.5 Å². The van der Waals surface area contributed by atoms with Gasteiger partial charge in [0.1, 0.15) is 0 Å². The minimum atomic E-state index is -0.269. The van der Waals surface area contributed by atoms with Gasteiger partial charge in [-0.15, -0.1) is 11.3 Å². The van der Waals surface area contributed by atoms with Crippen LogP contribution in [0, 0.1) is 0 Å². The molecule has 0 aromatic carbocycles. The number of aliphatic hydroxyl groups excluding tert-OH is 1. The number of β-amino-alcohol motifs (C(OH)–C–C–N with tert-alkyl or cyclic N) is 1. The molecule has 118 valence electrons. The summed E-state index contributed by atoms with van der Waals surface area (Å²) in [5, 5.41) is 13.4. The molecule has 0 unspecified atom stereocenters. The summed E-state index contributed by atoms with van der Waals surface area (Å²) in [7, 11) is 0. The van der Waals surface area contributed by atoms with E-state index >= 15 is 0 Å². The van der Waals surface area contributed by atoms with Crippen LogP contribution in [0.3, 0.4) is 0 Å². The summed E-state index contributed by atoms with van der Waals surface area (Å²) in [4.78, 5) is 11.3. The van der Waals surface area contributed by atoms with Gasteiger partial charge in [-0.05, 0) is 0 Å². The smallest absolute Gasteiger partial charge is 0.185 e. The summed E-state index contributed by atoms with van der Waals surface area (Å²) >= 11 is 1.70. The number of aliphatic hydroxyl groups is 1. The maximum Gasteiger partial charge on any atom is 0.185 e. The fourth-order valence-corrected chi connectivity index (χ4v) is 3.63. The number of nitrogens with zero attached hydrogens (tertiary/aromatic N) is 4. The number of anilines is 1. The molecule has 2 fully saturated rings. The van der Waals surface area contributed by atoms with E-state index in [2.05, 4.69) is 19.7 Å². The molecule has 7 heteroatoms. The summed E-state index contributed by atoms with van der Waals surface area (Å²) in [5.41, 5.74) is 0. The highest BCUT2D eigenvalue weighted by molar-refractivity contribution is 7.13. The molecule has 0 spiro atoms. The third-order valence-corrected chi connectivity index (χ3v) is 4.94. The number of hydrogen-bond donors (Lipinski definition) is 1. The Balaban J connectivity index is 1.38. The van der Waals surface area contributed by atoms with Gasteiger partial charge in [-0.3, -0.25) is 9.80 Å². The predicted molar refractivity (Wildman–Crippen MR) is 84.0 cm³/mol. The van der Waals surface area contributed by atoms with Crippen LogP contribution in [-0.2, 0) is 4.74 Å². The highest BCUT2D eigenvalue weighted by Crippen LogP contribution is 2.18. The van der Waals surface area contributed by atoms with E-state index in [0.29, 0.717) is 0 Å². The molecule has 1 aromatic rings. The van der Waals surface area contributed by atoms with Gasteiger partial charge in [-0.1, -0.05) is 0 Å². The molecule has 0 radical (unpaired) electrons. The standard InChI is InChI=1S/C14H24N4O2S/c19-13(12-17-6-8-20-9-7-17)11-16-2-4-18(5-3-16)14-15-1-10-21-14/h1,10,13,19H,2-9,11-12H2/t13-/m1/s1. The maximum absolute atomic E-state index is 10.3. The summed E-state index contributed by atoms with van der Waals surface area (Å²) in [6, 6.07) is 0. The monoisotopic (exact) mass is 312 g/mol. The number of piperazine rings is 1. The fraction of sp³-hybridized carbons (Fsp3) is 0.786. The molecule has 0 amide bonds. The minimum Gasteiger partial charge on any atom is -0.390 e. The van der Waals surface area contributed by atoms with Crippen molar-refractivity contribution < 1.29 is 9.84 Å². The molecule has 1 atom stereocenters. The van der Waals surface area contributed by atoms with E-state index in [0.717, 1.165) is 70.7 Å². The molecule has 2 aliphatic rings. The highest BCUT2D eigenvalue weighted by atomic mass is 32.1. The Morgan fingerprint density at radius 2 is 1.76 bits per heavy atom. The molecule has 0 saturated carbocycles. The summed E-state index contributed by atoms with van der Waals surface area (Å²) < 4.78 is 5.33. The zero-order valence-electron chi connectivity index (χ0n) is 12.4. The van der Waals surface area contributed by atoms with Gasteiger partial charge in [0.15, 0.2) is 5.13 Å². The average Bonchev–Trinajstić information content (AvgIpc) is 3.03. The van der Waals surface area contributed by atoms with Crippen molar-refractivity contribution in [3.8, 4) is 0 Å². The zero-order valence-corrected chi connectivity index (χ0v) is 13.2. The lowest BCUT2D eigenvalue weighted by molar-refractivity contribution is 0.00656. The Morgan fingerprint density at radius 1 is 1.10 bits per heavy atom. The van der Waals surface area contributed by atoms with Crippen LogP contribution in [0.15, 0.2) is 11.6 Å². The number of ether oxygens (including phenoxy) is 1. The minimum absolute atomic E-state index is 0.269. The first-order valence-corrected chi connectivity index (χ1v) is 8.54. The second-order valence-corrected chi connectivity index (χ2v) is 6.54. The molecule has 3 rings (SSSR count). The second kappa shape index (κ2) is 7.51. The molecule has 1 aromatic heterocycles. The van der Waals surface area contributed by atoms with Gasteiger partial charge < -0.3 is 14.7 Å². The number of thiazole rings is 1. The molecule has 3 heterocycles. The van der Waals surface area contributed by atoms with Gasteiger partial charge in [0.05, 0.1) is 19.3 Å². The number of aromatic nitrogens is 1. The van der Waals surface area contributed by atoms with Gasteiger partial charge in [-0.2, -0.15) is 0 Å². The van der Waals surface area contributed by atoms with Crippen LogP contribution >= 0.6 is 11.3 Å². The number of hydrogen-bond acceptors (Lipinski definition) is 7. The van der Waals surface area contributed by atoms with E-state index in [4.69, 9.17) is 4.74 Å². The van der Waals surface area contributed by atoms with Crippen molar-refractivity contribution in [1.82, 2.24) is 14.8 Å². The summed E-state index contributed by atoms with van der Waals surface area (Å²) in [5.74, 6) is 0. The Bertz CT molecular complexity index is 403. The Morgan fingerprint density at radius 3 is 2.38 bits per heavy atom. The fourth-order valence-electron chi connectivity index (χ4n) is 2.93. The van der Waals surface area contributed by atoms with Crippen molar-refractivity contribution in [3.05, 3.63) is 11.6 Å². The van der Waals surface area contributed by atoms with Crippen molar-refractivity contribution >= 4 is 16.5 Å². The largest absolute Gasteiger partial charge is 0.390 e. The summed E-state index contributed by atoms with van der Waals surface area (Å²) in [6.45, 7) is 8.98. The first kappa shape index (κ1) is 15.2. The van der Waals surface area contributed by atoms with Crippen LogP contribution in [0.1, 0.15) is 0 Å². The first-order chi connectivity index (χ1) is 10.3. The normalized spacial score (nSPS) is 23.4. The van der Waals surface area contributed by atoms with Gasteiger partial charge in [-0.25, -0.2) is 4.98 Å². The molecular weight excluding hydrogens is 288 g/mol. The van der Waals surface area contributed by atoms with E-state index < -0.39 is 0 Å². The van der Waals surface area contributed by atoms with E-state index in [1.165, 1.54) is 0 Å². The van der Waals surface area contributed by atoms with Crippen molar-refractivity contribution in [2.45, 2.75) is 6.10 Å². The predicted octanol–water partition coefficient (Wildman–Crippen LogP) is -0.0418. The zero-order chi connectivity index (χ0) is 14.5. The lowest BCUT2D eigenvalue weighted by Gasteiger charge is -2.36. The lowest BCUT2D eigenvalue weighted by Crippen LogP contribution is -2.50. The van der Waals surface area contributed by atoms with Gasteiger partial charge in [0.25, 0.3) is 0 Å². The Hall–Kier alpha value is -0.730. The topological polar surface area (TPSA) is 52.1 Å². The van der Waals surface area contributed by atoms with Crippen molar-refractivity contribution in [1.29, 1.82) is 0 Å². The van der Waals surface area contributed by atoms with Crippen LogP contribution < -0.4 is 4.90 Å². The molecule has 21 heavy (non-hydrogen) atoms. The van der Waals surface area contributed by atoms with Crippen LogP contribution in [0.5, 0.6) is 0 Å². The van der Waals surface area contributed by atoms with Crippen LogP contribution in [0.2, 0.25) is 0 Å². The van der Waals surface area contributed by atoms with Crippen LogP contribution in [-0.4, -0.2) is 91.6 Å². The van der Waals surface area contributed by atoms with Crippen molar-refractivity contribution in [3.63, 3.8) is 0 Å². The van der Waals surface area contributed by atoms with Gasteiger partial charge in [0, 0.05) is 63.9 Å². The number of rotatable bonds is 5. The third-order valence-electron chi connectivity index (χ3n) is 4.10. The van der Waals surface area contributed by atoms with Gasteiger partial charge >= 0.3 is 0 Å². The van der Waals surface area contributed by atoms with Crippen LogP contribution in [0.4, 0.5) is 5.13 Å². The highest BCUT2D eigenvalue weighted by Gasteiger charge is 2.22. The molecule has 6 nitrogen and oxygen atoms in total. The number of morpholine rings is 1. The Labute approximate surface area is 129 Å². The Kier molecular flexibility index (Phi) is 5.43. The molecule has 2 aliphatic heterocycles. The van der Waals surface area contributed by atoms with E-state index in [1.807, 2.05) is 11.6 Å². The SMILES string of the molecule is O[C@@H](CN1CCOCC1)CN1CCN(c2nccs2)CC1. The van der Waals surface area contributed by atoms with Crippen LogP contribution in [0.25, 0.3) is 0 Å². The summed E-state index contributed by atoms with van der Waals surface area (Å²) in [6.07, 6.45) is 1.59. The molecule has 0 aliphatic carbocycles. The van der Waals surface area contributed by atoms with E-state index in [1.54, 1.807) is 11.3 Å². The average molecular weight is 312 g/mol. The van der Waals surface area contributed by atoms with Crippen molar-refractivity contribution in [2.24, 2.45) is 0 Å². The first-order valence-electron chi connectivity index (χ1n) is 7.66. The van der Waals surface area contributed by atoms with E-state index in [9.17, 15) is 5.11 Å². The molecular formula is C14H24N4O2S. The van der Waals surface area contributed by atoms with Gasteiger partial charge in [0.2, 0.25) is 0 Å². The molecule has 1 N–H and O–H groups in total. The lowest BCUT2D eigenvalue weighted by atomic mass is 10.2.